The topological polar surface area (TPSA) is 356 Å². The Hall–Kier alpha value is -11.2. The van der Waals surface area contributed by atoms with Crippen molar-refractivity contribution in [3.05, 3.63) is 275 Å². The molecule has 0 unspecified atom stereocenters. The Morgan fingerprint density at radius 1 is 0.319 bits per heavy atom. The van der Waals surface area contributed by atoms with Gasteiger partial charge in [-0.05, 0) is 232 Å². The molecule has 0 radical (unpaired) electrons. The van der Waals surface area contributed by atoms with Gasteiger partial charge in [0.1, 0.15) is 32.0 Å². The lowest BCUT2D eigenvalue weighted by molar-refractivity contribution is 0.0934. The molecule has 8 N–H and O–H groups in total. The van der Waals surface area contributed by atoms with Crippen LogP contribution < -0.4 is 42.5 Å². The van der Waals surface area contributed by atoms with E-state index in [-0.39, 0.29) is 85.5 Å². The fourth-order valence-electron chi connectivity index (χ4n) is 11.5. The molecule has 0 aliphatic heterocycles. The Labute approximate surface area is 713 Å². The van der Waals surface area contributed by atoms with E-state index in [2.05, 4.69) is 115 Å². The van der Waals surface area contributed by atoms with Crippen molar-refractivity contribution in [1.29, 1.82) is 0 Å². The number of halogens is 8. The zero-order chi connectivity index (χ0) is 84.8. The number of nitrogens with one attached hydrogen (secondary N) is 8. The number of hydrogen-bond donors (Lipinski definition) is 8. The van der Waals surface area contributed by atoms with Crippen LogP contribution in [0.1, 0.15) is 156 Å². The van der Waals surface area contributed by atoms with Crippen molar-refractivity contribution in [1.82, 2.24) is 80.3 Å². The summed E-state index contributed by atoms with van der Waals surface area (Å²) in [7, 11) is 3.02. The zero-order valence-corrected chi connectivity index (χ0v) is 72.4. The first-order valence-corrected chi connectivity index (χ1v) is 39.0. The molecule has 28 nitrogen and oxygen atoms in total. The van der Waals surface area contributed by atoms with Gasteiger partial charge >= 0.3 is 0 Å². The van der Waals surface area contributed by atoms with Gasteiger partial charge in [0.15, 0.2) is 33.6 Å². The largest absolute Gasteiger partial charge is 0.355 e. The number of carbonyl (C=O) groups is 8. The molecule has 8 amide bonds. The minimum atomic E-state index is -0.486. The molecule has 0 aliphatic carbocycles. The fourth-order valence-corrected chi connectivity index (χ4v) is 13.7. The Morgan fingerprint density at radius 3 is 0.784 bits per heavy atom. The minimum Gasteiger partial charge on any atom is -0.355 e. The number of rotatable bonds is 18. The van der Waals surface area contributed by atoms with Gasteiger partial charge in [0, 0.05) is 95.3 Å². The number of amides is 8. The molecule has 0 spiro atoms. The van der Waals surface area contributed by atoms with E-state index in [4.69, 9.17) is 69.6 Å². The van der Waals surface area contributed by atoms with Crippen LogP contribution in [0.15, 0.2) is 155 Å². The first-order valence-electron chi connectivity index (χ1n) is 35.2. The van der Waals surface area contributed by atoms with Crippen molar-refractivity contribution >= 4 is 171 Å². The molecule has 4 aromatic carbocycles. The molecule has 8 aromatic heterocycles. The van der Waals surface area contributed by atoms with Crippen LogP contribution in [0.2, 0.25) is 30.4 Å². The standard InChI is InChI=1S/C21H21BrClN5O2.C21H21Cl2N5O2.C19H17BrClN5O2.C19H17Cl2N5O2/c1-11(2)25-20(29)15-9-14(23)8-13(4)18(15)26-21(30)16-10-17(22)27-28(16)19-12(3)6-5-7-24-19;1-11(2)25-20(29)15-9-14(22)8-13(4)18(15)26-21(30)16-10-17(23)27-28(16)19-12(3)6-5-7-24-19;1-10-5-4-6-23-17(10)26-14(9-15(20)25-26)19(28)24-16-11(2)7-12(21)8-13(16)18(27)22-3;1-10-5-4-6-23-17(10)26-14(9-15(21)25-26)19(28)24-16-11(2)7-12(20)8-13(16)18(27)22-3/h2*5-11H,1-4H3,(H,25,29)(H,26,30);2*4-9H,1-3H3,(H,22,27)(H,24,28). The van der Waals surface area contributed by atoms with Gasteiger partial charge < -0.3 is 42.5 Å². The van der Waals surface area contributed by atoms with Crippen LogP contribution in [0.4, 0.5) is 22.7 Å². The van der Waals surface area contributed by atoms with E-state index in [0.717, 1.165) is 22.3 Å². The number of aromatic nitrogens is 12. The minimum absolute atomic E-state index is 0.0649. The second kappa shape index (κ2) is 39.4. The molecular formula is C80H76Br2Cl6N20O8. The molecule has 0 saturated carbocycles. The maximum Gasteiger partial charge on any atom is 0.274 e. The van der Waals surface area contributed by atoms with E-state index in [0.29, 0.717) is 103 Å². The van der Waals surface area contributed by atoms with Crippen molar-refractivity contribution < 1.29 is 38.4 Å². The highest BCUT2D eigenvalue weighted by atomic mass is 79.9. The molecule has 12 rings (SSSR count). The molecule has 0 bridgehead atoms. The van der Waals surface area contributed by atoms with E-state index >= 15 is 0 Å². The molecular weight excluding hydrogens is 1740 g/mol. The van der Waals surface area contributed by atoms with Crippen molar-refractivity contribution in [2.75, 3.05) is 35.4 Å². The van der Waals surface area contributed by atoms with E-state index in [1.54, 1.807) is 101 Å². The Balaban J connectivity index is 0.000000177. The number of hydrogen-bond acceptors (Lipinski definition) is 16. The third kappa shape index (κ3) is 21.8. The number of nitrogens with zero attached hydrogens (tertiary/aromatic N) is 12. The average molecular weight is 1820 g/mol. The van der Waals surface area contributed by atoms with Gasteiger partial charge in [0.05, 0.1) is 45.0 Å². The lowest BCUT2D eigenvalue weighted by Gasteiger charge is -2.16. The van der Waals surface area contributed by atoms with Crippen LogP contribution >= 0.6 is 101 Å². The molecule has 8 heterocycles. The summed E-state index contributed by atoms with van der Waals surface area (Å²) in [6, 6.07) is 33.4. The monoisotopic (exact) mass is 1810 g/mol. The lowest BCUT2D eigenvalue weighted by atomic mass is 10.1. The van der Waals surface area contributed by atoms with Crippen molar-refractivity contribution in [3.63, 3.8) is 0 Å². The number of carbonyl (C=O) groups excluding carboxylic acids is 8. The predicted molar refractivity (Wildman–Crippen MR) is 458 cm³/mol. The summed E-state index contributed by atoms with van der Waals surface area (Å²) < 4.78 is 6.66. The molecule has 600 valence electrons. The third-order valence-corrected chi connectivity index (χ3v) is 18.8. The number of pyridine rings is 4. The first-order chi connectivity index (χ1) is 55.0. The van der Waals surface area contributed by atoms with Gasteiger partial charge in [-0.3, -0.25) is 38.4 Å². The molecule has 0 atom stereocenters. The van der Waals surface area contributed by atoms with E-state index in [1.165, 1.54) is 69.2 Å². The Morgan fingerprint density at radius 2 is 0.552 bits per heavy atom. The number of aryl methyl sites for hydroxylation is 8. The summed E-state index contributed by atoms with van der Waals surface area (Å²) in [6.07, 6.45) is 6.48. The maximum absolute atomic E-state index is 13.2. The van der Waals surface area contributed by atoms with Crippen LogP contribution in [0.3, 0.4) is 0 Å². The van der Waals surface area contributed by atoms with E-state index in [9.17, 15) is 38.4 Å². The molecule has 0 fully saturated rings. The number of anilines is 4. The van der Waals surface area contributed by atoms with Crippen molar-refractivity contribution in [3.8, 4) is 23.3 Å². The average Bonchev–Trinajstić information content (AvgIpc) is 0.986. The second-order valence-electron chi connectivity index (χ2n) is 26.4. The Bertz CT molecular complexity index is 5460. The van der Waals surface area contributed by atoms with Gasteiger partial charge in [0.25, 0.3) is 47.3 Å². The summed E-state index contributed by atoms with van der Waals surface area (Å²) in [4.78, 5) is 119. The zero-order valence-electron chi connectivity index (χ0n) is 64.7. The summed E-state index contributed by atoms with van der Waals surface area (Å²) in [5.74, 6) is -1.15. The second-order valence-corrected chi connectivity index (χ2v) is 30.6. The summed E-state index contributed by atoms with van der Waals surface area (Å²) in [5.41, 5.74) is 9.51. The molecule has 0 saturated heterocycles. The van der Waals surface area contributed by atoms with Crippen LogP contribution in [-0.4, -0.2) is 132 Å². The SMILES string of the molecule is CNC(=O)c1cc(Cl)cc(C)c1NC(=O)c1cc(Br)nn1-c1ncccc1C.CNC(=O)c1cc(Cl)cc(C)c1NC(=O)c1cc(Cl)nn1-c1ncccc1C.Cc1cccnc1-n1nc(Br)cc1C(=O)Nc1c(C)cc(Cl)cc1C(=O)NC(C)C.Cc1cccnc1-n1nc(Cl)cc1C(=O)Nc1c(C)cc(Cl)cc1C(=O)NC(C)C. The smallest absolute Gasteiger partial charge is 0.274 e. The van der Waals surface area contributed by atoms with E-state index in [1.807, 2.05) is 91.8 Å². The van der Waals surface area contributed by atoms with Crippen LogP contribution in [0.5, 0.6) is 0 Å². The van der Waals surface area contributed by atoms with Gasteiger partial charge in [-0.15, -0.1) is 0 Å². The van der Waals surface area contributed by atoms with Crippen molar-refractivity contribution in [2.45, 2.75) is 95.2 Å². The first kappa shape index (κ1) is 88.7. The third-order valence-electron chi connectivity index (χ3n) is 16.8. The lowest BCUT2D eigenvalue weighted by Crippen LogP contribution is -2.31. The highest BCUT2D eigenvalue weighted by molar-refractivity contribution is 9.10. The summed E-state index contributed by atoms with van der Waals surface area (Å²) >= 11 is 43.2. The summed E-state index contributed by atoms with van der Waals surface area (Å²) in [6.45, 7) is 22.0. The maximum atomic E-state index is 13.2. The molecule has 12 aromatic rings. The van der Waals surface area contributed by atoms with E-state index < -0.39 is 23.6 Å². The number of benzene rings is 4. The quantitative estimate of drug-likeness (QED) is 0.0396. The Kier molecular flexibility index (Phi) is 30.1. The highest BCUT2D eigenvalue weighted by Crippen LogP contribution is 2.33. The van der Waals surface area contributed by atoms with Crippen LogP contribution in [0, 0.1) is 55.4 Å². The van der Waals surface area contributed by atoms with Gasteiger partial charge in [0.2, 0.25) is 0 Å². The van der Waals surface area contributed by atoms with Gasteiger partial charge in [-0.25, -0.2) is 38.7 Å². The van der Waals surface area contributed by atoms with Crippen molar-refractivity contribution in [2.24, 2.45) is 0 Å². The predicted octanol–water partition coefficient (Wildman–Crippen LogP) is 17.0. The highest BCUT2D eigenvalue weighted by Gasteiger charge is 2.28. The summed E-state index contributed by atoms with van der Waals surface area (Å²) in [5, 5.41) is 41.0. The fraction of sp³-hybridized carbons (Fsp3) is 0.200. The van der Waals surface area contributed by atoms with Gasteiger partial charge in [-0.2, -0.15) is 20.4 Å². The molecule has 36 heteroatoms. The van der Waals surface area contributed by atoms with Crippen LogP contribution in [0.25, 0.3) is 23.3 Å². The normalized spacial score (nSPS) is 10.8. The molecule has 0 aliphatic rings. The van der Waals surface area contributed by atoms with Crippen LogP contribution in [-0.2, 0) is 0 Å². The molecule has 116 heavy (non-hydrogen) atoms. The van der Waals surface area contributed by atoms with Gasteiger partial charge in [-0.1, -0.05) is 93.9 Å².